The van der Waals surface area contributed by atoms with Crippen molar-refractivity contribution in [3.63, 3.8) is 0 Å². The van der Waals surface area contributed by atoms with Gasteiger partial charge in [0.2, 0.25) is 5.89 Å². The highest BCUT2D eigenvalue weighted by Gasteiger charge is 2.19. The topological polar surface area (TPSA) is 43.9 Å². The zero-order valence-corrected chi connectivity index (χ0v) is 25.8. The molecule has 0 aliphatic rings. The largest absolute Gasteiger partial charge is 0.436 e. The molecule has 224 valence electrons. The predicted molar refractivity (Wildman–Crippen MR) is 197 cm³/mol. The van der Waals surface area contributed by atoms with E-state index in [0.717, 1.165) is 61.0 Å². The van der Waals surface area contributed by atoms with E-state index in [9.17, 15) is 0 Å². The fourth-order valence-corrected chi connectivity index (χ4v) is 7.18. The van der Waals surface area contributed by atoms with E-state index in [-0.39, 0.29) is 0 Å². The maximum absolute atomic E-state index is 6.00. The molecule has 10 aromatic rings. The molecule has 0 spiro atoms. The summed E-state index contributed by atoms with van der Waals surface area (Å²) in [5.41, 5.74) is 11.5. The first kappa shape index (κ1) is 26.7. The molecule has 0 aliphatic carbocycles. The van der Waals surface area contributed by atoms with Crippen molar-refractivity contribution in [2.24, 2.45) is 0 Å². The monoisotopic (exact) mass is 613 g/mol. The van der Waals surface area contributed by atoms with Crippen LogP contribution in [0.5, 0.6) is 0 Å². The van der Waals surface area contributed by atoms with Gasteiger partial charge in [0.05, 0.1) is 22.2 Å². The van der Waals surface area contributed by atoms with E-state index in [1.165, 1.54) is 27.2 Å². The van der Waals surface area contributed by atoms with Crippen molar-refractivity contribution in [3.05, 3.63) is 164 Å². The van der Waals surface area contributed by atoms with E-state index in [4.69, 9.17) is 9.40 Å². The van der Waals surface area contributed by atoms with Crippen molar-refractivity contribution >= 4 is 54.6 Å². The van der Waals surface area contributed by atoms with E-state index in [1.807, 2.05) is 24.3 Å². The lowest BCUT2D eigenvalue weighted by Crippen LogP contribution is -1.96. The third kappa shape index (κ3) is 4.10. The fraction of sp³-hybridized carbons (Fsp3) is 0. The molecule has 4 nitrogen and oxygen atoms in total. The molecule has 0 bridgehead atoms. The van der Waals surface area contributed by atoms with Crippen LogP contribution >= 0.6 is 0 Å². The Kier molecular flexibility index (Phi) is 5.84. The number of rotatable bonds is 4. The molecular formula is C44H27N3O. The van der Waals surface area contributed by atoms with Crippen molar-refractivity contribution in [3.8, 4) is 39.5 Å². The first-order chi connectivity index (χ1) is 23.8. The molecular weight excluding hydrogens is 587 g/mol. The molecule has 3 aromatic heterocycles. The minimum Gasteiger partial charge on any atom is -0.436 e. The van der Waals surface area contributed by atoms with Crippen LogP contribution in [0.3, 0.4) is 0 Å². The number of pyridine rings is 1. The van der Waals surface area contributed by atoms with E-state index in [0.29, 0.717) is 5.89 Å². The Labute approximate surface area is 276 Å². The number of para-hydroxylation sites is 4. The molecule has 48 heavy (non-hydrogen) atoms. The zero-order valence-electron chi connectivity index (χ0n) is 25.8. The van der Waals surface area contributed by atoms with Crippen LogP contribution in [-0.4, -0.2) is 14.5 Å². The summed E-state index contributed by atoms with van der Waals surface area (Å²) in [6, 6.07) is 57.4. The minimum atomic E-state index is 0.634. The van der Waals surface area contributed by atoms with Crippen molar-refractivity contribution < 1.29 is 4.42 Å². The third-order valence-electron chi connectivity index (χ3n) is 9.43. The van der Waals surface area contributed by atoms with Gasteiger partial charge in [0.15, 0.2) is 5.58 Å². The van der Waals surface area contributed by atoms with Gasteiger partial charge in [0, 0.05) is 43.7 Å². The Morgan fingerprint density at radius 1 is 0.417 bits per heavy atom. The van der Waals surface area contributed by atoms with Gasteiger partial charge in [-0.2, -0.15) is 0 Å². The van der Waals surface area contributed by atoms with Crippen molar-refractivity contribution in [1.29, 1.82) is 0 Å². The Morgan fingerprint density at radius 2 is 1.04 bits per heavy atom. The second-order valence-corrected chi connectivity index (χ2v) is 12.2. The van der Waals surface area contributed by atoms with Crippen molar-refractivity contribution in [2.75, 3.05) is 0 Å². The van der Waals surface area contributed by atoms with E-state index >= 15 is 0 Å². The van der Waals surface area contributed by atoms with Gasteiger partial charge in [-0.05, 0) is 59.7 Å². The van der Waals surface area contributed by atoms with E-state index in [1.54, 1.807) is 0 Å². The third-order valence-corrected chi connectivity index (χ3v) is 9.43. The molecule has 0 aliphatic heterocycles. The summed E-state index contributed by atoms with van der Waals surface area (Å²) in [5, 5.41) is 5.97. The SMILES string of the molecule is c1ccc(-c2nc3ccccc3c3c2ccc2c4ccccc4n(-c4ccc(-c5ccc(-c6nc7ccccc7o6)cc5)cc4)c23)cc1. The van der Waals surface area contributed by atoms with Gasteiger partial charge in [-0.15, -0.1) is 0 Å². The van der Waals surface area contributed by atoms with Crippen molar-refractivity contribution in [2.45, 2.75) is 0 Å². The minimum absolute atomic E-state index is 0.634. The fourth-order valence-electron chi connectivity index (χ4n) is 7.18. The van der Waals surface area contributed by atoms with Gasteiger partial charge in [0.1, 0.15) is 5.52 Å². The number of benzene rings is 7. The quantitative estimate of drug-likeness (QED) is 0.186. The molecule has 4 heteroatoms. The van der Waals surface area contributed by atoms with Crippen LogP contribution in [0.25, 0.3) is 94.1 Å². The first-order valence-electron chi connectivity index (χ1n) is 16.2. The smallest absolute Gasteiger partial charge is 0.227 e. The number of hydrogen-bond acceptors (Lipinski definition) is 3. The average molecular weight is 614 g/mol. The molecule has 0 N–H and O–H groups in total. The van der Waals surface area contributed by atoms with Crippen LogP contribution in [0.2, 0.25) is 0 Å². The Balaban J connectivity index is 1.15. The summed E-state index contributed by atoms with van der Waals surface area (Å²) in [5.74, 6) is 0.634. The summed E-state index contributed by atoms with van der Waals surface area (Å²) in [6.07, 6.45) is 0. The highest BCUT2D eigenvalue weighted by Crippen LogP contribution is 2.42. The second kappa shape index (κ2) is 10.5. The Hall–Kier alpha value is -6.52. The van der Waals surface area contributed by atoms with Crippen LogP contribution in [0, 0.1) is 0 Å². The molecule has 0 atom stereocenters. The van der Waals surface area contributed by atoms with Crippen LogP contribution in [-0.2, 0) is 0 Å². The summed E-state index contributed by atoms with van der Waals surface area (Å²) in [7, 11) is 0. The van der Waals surface area contributed by atoms with Gasteiger partial charge in [-0.3, -0.25) is 0 Å². The van der Waals surface area contributed by atoms with Gasteiger partial charge >= 0.3 is 0 Å². The van der Waals surface area contributed by atoms with Crippen LogP contribution in [0.1, 0.15) is 0 Å². The van der Waals surface area contributed by atoms with Crippen LogP contribution in [0.4, 0.5) is 0 Å². The maximum atomic E-state index is 6.00. The number of hydrogen-bond donors (Lipinski definition) is 0. The summed E-state index contributed by atoms with van der Waals surface area (Å²) in [4.78, 5) is 9.86. The van der Waals surface area contributed by atoms with Crippen LogP contribution in [0.15, 0.2) is 168 Å². The number of oxazole rings is 1. The number of fused-ring (bicyclic) bond motifs is 8. The van der Waals surface area contributed by atoms with E-state index < -0.39 is 0 Å². The molecule has 3 heterocycles. The molecule has 0 amide bonds. The molecule has 0 radical (unpaired) electrons. The highest BCUT2D eigenvalue weighted by atomic mass is 16.3. The molecule has 0 unspecified atom stereocenters. The van der Waals surface area contributed by atoms with Gasteiger partial charge in [-0.25, -0.2) is 9.97 Å². The summed E-state index contributed by atoms with van der Waals surface area (Å²) in [6.45, 7) is 0. The van der Waals surface area contributed by atoms with E-state index in [2.05, 4.69) is 149 Å². The predicted octanol–water partition coefficient (Wildman–Crippen LogP) is 11.6. The maximum Gasteiger partial charge on any atom is 0.227 e. The van der Waals surface area contributed by atoms with Gasteiger partial charge < -0.3 is 8.98 Å². The summed E-state index contributed by atoms with van der Waals surface area (Å²) >= 11 is 0. The Bertz CT molecular complexity index is 2780. The molecule has 0 saturated carbocycles. The van der Waals surface area contributed by atoms with Crippen molar-refractivity contribution in [1.82, 2.24) is 14.5 Å². The average Bonchev–Trinajstić information content (AvgIpc) is 3.75. The summed E-state index contributed by atoms with van der Waals surface area (Å²) < 4.78 is 8.42. The number of nitrogens with zero attached hydrogens (tertiary/aromatic N) is 3. The molecule has 0 saturated heterocycles. The lowest BCUT2D eigenvalue weighted by molar-refractivity contribution is 0.620. The normalized spacial score (nSPS) is 11.8. The van der Waals surface area contributed by atoms with Gasteiger partial charge in [0.25, 0.3) is 0 Å². The van der Waals surface area contributed by atoms with Gasteiger partial charge in [-0.1, -0.05) is 115 Å². The second-order valence-electron chi connectivity index (χ2n) is 12.2. The lowest BCUT2D eigenvalue weighted by Gasteiger charge is -2.15. The molecule has 10 rings (SSSR count). The molecule has 0 fully saturated rings. The standard InChI is InChI=1S/C44H27N3O/c1-2-10-30(11-3-1)42-36-27-26-34-33-12-5-8-16-39(33)47(43(34)41(36)35-13-4-6-14-37(35)45-42)32-24-22-29(23-25-32)28-18-20-31(21-19-28)44-46-38-15-7-9-17-40(38)48-44/h1-27H. The zero-order chi connectivity index (χ0) is 31.6. The number of aromatic nitrogens is 3. The van der Waals surface area contributed by atoms with Crippen LogP contribution < -0.4 is 0 Å². The lowest BCUT2D eigenvalue weighted by atomic mass is 9.97. The molecule has 7 aromatic carbocycles. The Morgan fingerprint density at radius 3 is 1.83 bits per heavy atom. The first-order valence-corrected chi connectivity index (χ1v) is 16.2. The highest BCUT2D eigenvalue weighted by molar-refractivity contribution is 6.26.